The standard InChI is InChI=1S/C17H18Cl6N4O2/c18-16(19,20)12(28)14-24-6-10-26(14)8-4-2-1-3-5-9-27-11-7-25-15(27)13(29)17(21,22)23/h6-7,10-11H,1-5,8-9H2. The van der Waals surface area contributed by atoms with Crippen molar-refractivity contribution in [2.45, 2.75) is 52.8 Å². The normalized spacial score (nSPS) is 12.3. The summed E-state index contributed by atoms with van der Waals surface area (Å²) in [6.07, 6.45) is 10.9. The third kappa shape index (κ3) is 7.30. The summed E-state index contributed by atoms with van der Waals surface area (Å²) in [6.45, 7) is 1.20. The van der Waals surface area contributed by atoms with Crippen molar-refractivity contribution in [1.29, 1.82) is 0 Å². The fourth-order valence-corrected chi connectivity index (χ4v) is 3.25. The highest BCUT2D eigenvalue weighted by Gasteiger charge is 2.35. The molecular formula is C17H18Cl6N4O2. The van der Waals surface area contributed by atoms with Crippen LogP contribution >= 0.6 is 69.6 Å². The van der Waals surface area contributed by atoms with Crippen molar-refractivity contribution in [3.05, 3.63) is 36.4 Å². The molecule has 2 aromatic heterocycles. The summed E-state index contributed by atoms with van der Waals surface area (Å²) in [4.78, 5) is 32.0. The molecule has 0 radical (unpaired) electrons. The maximum absolute atomic E-state index is 12.0. The summed E-state index contributed by atoms with van der Waals surface area (Å²) < 4.78 is -0.673. The zero-order valence-electron chi connectivity index (χ0n) is 15.1. The molecule has 0 aliphatic heterocycles. The summed E-state index contributed by atoms with van der Waals surface area (Å²) in [6, 6.07) is 0. The van der Waals surface area contributed by atoms with Gasteiger partial charge >= 0.3 is 0 Å². The fourth-order valence-electron chi connectivity index (χ4n) is 2.75. The van der Waals surface area contributed by atoms with E-state index in [1.807, 2.05) is 0 Å². The molecule has 0 bridgehead atoms. The van der Waals surface area contributed by atoms with E-state index in [0.717, 1.165) is 32.1 Å². The summed E-state index contributed by atoms with van der Waals surface area (Å²) in [7, 11) is 0. The van der Waals surface area contributed by atoms with Gasteiger partial charge in [-0.1, -0.05) is 88.9 Å². The van der Waals surface area contributed by atoms with E-state index < -0.39 is 19.2 Å². The van der Waals surface area contributed by atoms with Gasteiger partial charge in [-0.15, -0.1) is 0 Å². The summed E-state index contributed by atoms with van der Waals surface area (Å²) >= 11 is 33.9. The zero-order chi connectivity index (χ0) is 21.7. The summed E-state index contributed by atoms with van der Waals surface area (Å²) in [5.74, 6) is -1.02. The molecule has 0 N–H and O–H groups in total. The number of unbranched alkanes of at least 4 members (excludes halogenated alkanes) is 4. The number of Topliss-reactive ketones (excluding diaryl/α,β-unsaturated/α-hetero) is 2. The molecular weight excluding hydrogens is 505 g/mol. The Labute approximate surface area is 198 Å². The first-order chi connectivity index (χ1) is 13.5. The average Bonchev–Trinajstić information content (AvgIpc) is 3.27. The van der Waals surface area contributed by atoms with E-state index in [1.165, 1.54) is 12.4 Å². The molecule has 29 heavy (non-hydrogen) atoms. The molecule has 0 atom stereocenters. The van der Waals surface area contributed by atoms with Gasteiger partial charge in [-0.25, -0.2) is 9.97 Å². The number of hydrogen-bond acceptors (Lipinski definition) is 4. The van der Waals surface area contributed by atoms with Crippen LogP contribution in [-0.4, -0.2) is 38.3 Å². The number of ketones is 2. The SMILES string of the molecule is O=C(c1nccn1CCCCCCCn1ccnc1C(=O)C(Cl)(Cl)Cl)C(Cl)(Cl)Cl. The van der Waals surface area contributed by atoms with Crippen LogP contribution in [0.15, 0.2) is 24.8 Å². The molecule has 0 aromatic carbocycles. The van der Waals surface area contributed by atoms with Crippen LogP contribution in [0.25, 0.3) is 0 Å². The lowest BCUT2D eigenvalue weighted by Gasteiger charge is -2.12. The van der Waals surface area contributed by atoms with Gasteiger partial charge in [0.25, 0.3) is 7.59 Å². The molecule has 0 saturated heterocycles. The Hall–Kier alpha value is -0.500. The fraction of sp³-hybridized carbons (Fsp3) is 0.529. The van der Waals surface area contributed by atoms with E-state index in [-0.39, 0.29) is 11.6 Å². The molecule has 12 heteroatoms. The van der Waals surface area contributed by atoms with Crippen LogP contribution in [0.3, 0.4) is 0 Å². The number of hydrogen-bond donors (Lipinski definition) is 0. The van der Waals surface area contributed by atoms with Crippen LogP contribution in [0.4, 0.5) is 0 Å². The van der Waals surface area contributed by atoms with Gasteiger partial charge in [-0.2, -0.15) is 0 Å². The van der Waals surface area contributed by atoms with Gasteiger partial charge in [0.05, 0.1) is 0 Å². The minimum absolute atomic E-state index is 0.135. The number of aryl methyl sites for hydroxylation is 2. The topological polar surface area (TPSA) is 69.8 Å². The monoisotopic (exact) mass is 520 g/mol. The quantitative estimate of drug-likeness (QED) is 0.223. The van der Waals surface area contributed by atoms with Crippen molar-refractivity contribution in [3.8, 4) is 0 Å². The molecule has 0 saturated carbocycles. The number of halogens is 6. The second-order valence-electron chi connectivity index (χ2n) is 6.31. The zero-order valence-corrected chi connectivity index (χ0v) is 19.7. The Kier molecular flexibility index (Phi) is 9.13. The molecule has 160 valence electrons. The lowest BCUT2D eigenvalue weighted by atomic mass is 10.1. The van der Waals surface area contributed by atoms with Gasteiger partial charge < -0.3 is 9.13 Å². The van der Waals surface area contributed by atoms with Gasteiger partial charge in [0, 0.05) is 37.9 Å². The molecule has 0 fully saturated rings. The van der Waals surface area contributed by atoms with Crippen LogP contribution in [0.1, 0.15) is 53.3 Å². The number of alkyl halides is 6. The maximum atomic E-state index is 12.0. The third-order valence-electron chi connectivity index (χ3n) is 4.15. The second kappa shape index (κ2) is 10.7. The van der Waals surface area contributed by atoms with Gasteiger partial charge in [0.1, 0.15) is 0 Å². The Morgan fingerprint density at radius 2 is 1.03 bits per heavy atom. The molecule has 0 spiro atoms. The number of rotatable bonds is 10. The molecule has 2 rings (SSSR count). The lowest BCUT2D eigenvalue weighted by molar-refractivity contribution is 0.0974. The summed E-state index contributed by atoms with van der Waals surface area (Å²) in [5.41, 5.74) is 0. The molecule has 2 aromatic rings. The van der Waals surface area contributed by atoms with E-state index >= 15 is 0 Å². The lowest BCUT2D eigenvalue weighted by Crippen LogP contribution is -2.23. The predicted octanol–water partition coefficient (Wildman–Crippen LogP) is 5.84. The highest BCUT2D eigenvalue weighted by molar-refractivity contribution is 6.77. The van der Waals surface area contributed by atoms with Gasteiger partial charge in [-0.3, -0.25) is 9.59 Å². The minimum atomic E-state index is -2.02. The molecule has 0 unspecified atom stereocenters. The highest BCUT2D eigenvalue weighted by atomic mass is 35.6. The second-order valence-corrected chi connectivity index (χ2v) is 10.9. The van der Waals surface area contributed by atoms with Crippen molar-refractivity contribution < 1.29 is 9.59 Å². The minimum Gasteiger partial charge on any atom is -0.328 e. The third-order valence-corrected chi connectivity index (χ3v) is 5.18. The van der Waals surface area contributed by atoms with Crippen LogP contribution in [-0.2, 0) is 13.1 Å². The highest BCUT2D eigenvalue weighted by Crippen LogP contribution is 2.30. The number of carbonyl (C=O) groups excluding carboxylic acids is 2. The van der Waals surface area contributed by atoms with E-state index in [0.29, 0.717) is 13.1 Å². The van der Waals surface area contributed by atoms with Gasteiger partial charge in [0.2, 0.25) is 11.6 Å². The van der Waals surface area contributed by atoms with E-state index in [1.54, 1.807) is 21.5 Å². The molecule has 0 aliphatic carbocycles. The average molecular weight is 523 g/mol. The van der Waals surface area contributed by atoms with E-state index in [9.17, 15) is 9.59 Å². The van der Waals surface area contributed by atoms with Crippen molar-refractivity contribution in [2.75, 3.05) is 0 Å². The Bertz CT molecular complexity index is 769. The predicted molar refractivity (Wildman–Crippen MR) is 117 cm³/mol. The number of nitrogens with zero attached hydrogens (tertiary/aromatic N) is 4. The first-order valence-corrected chi connectivity index (χ1v) is 11.0. The number of carbonyl (C=O) groups is 2. The Balaban J connectivity index is 1.71. The van der Waals surface area contributed by atoms with Crippen molar-refractivity contribution in [2.24, 2.45) is 0 Å². The van der Waals surface area contributed by atoms with Crippen LogP contribution in [0.5, 0.6) is 0 Å². The van der Waals surface area contributed by atoms with Crippen LogP contribution < -0.4 is 0 Å². The maximum Gasteiger partial charge on any atom is 0.256 e. The van der Waals surface area contributed by atoms with E-state index in [4.69, 9.17) is 69.6 Å². The van der Waals surface area contributed by atoms with Crippen molar-refractivity contribution >= 4 is 81.2 Å². The van der Waals surface area contributed by atoms with Crippen LogP contribution in [0, 0.1) is 0 Å². The van der Waals surface area contributed by atoms with E-state index in [2.05, 4.69) is 9.97 Å². The van der Waals surface area contributed by atoms with Gasteiger partial charge in [-0.05, 0) is 12.8 Å². The number of aromatic nitrogens is 4. The molecule has 2 heterocycles. The summed E-state index contributed by atoms with van der Waals surface area (Å²) in [5, 5.41) is 0. The Morgan fingerprint density at radius 3 is 1.38 bits per heavy atom. The molecule has 0 aliphatic rings. The van der Waals surface area contributed by atoms with Crippen molar-refractivity contribution in [3.63, 3.8) is 0 Å². The smallest absolute Gasteiger partial charge is 0.256 e. The van der Waals surface area contributed by atoms with Crippen molar-refractivity contribution in [1.82, 2.24) is 19.1 Å². The first-order valence-electron chi connectivity index (χ1n) is 8.77. The molecule has 6 nitrogen and oxygen atoms in total. The Morgan fingerprint density at radius 1 is 0.690 bits per heavy atom. The number of imidazole rings is 2. The largest absolute Gasteiger partial charge is 0.328 e. The molecule has 0 amide bonds. The van der Waals surface area contributed by atoms with Crippen LogP contribution in [0.2, 0.25) is 0 Å². The first kappa shape index (κ1) is 24.8. The van der Waals surface area contributed by atoms with Gasteiger partial charge in [0.15, 0.2) is 11.6 Å².